The molecular weight excluding hydrogens is 220 g/mol. The minimum atomic E-state index is -0.912. The fourth-order valence-electron chi connectivity index (χ4n) is 1.26. The molecule has 0 amide bonds. The van der Waals surface area contributed by atoms with Gasteiger partial charge in [-0.2, -0.15) is 8.75 Å². The van der Waals surface area contributed by atoms with E-state index in [9.17, 15) is 8.78 Å². The van der Waals surface area contributed by atoms with Gasteiger partial charge in [0.05, 0.1) is 29.7 Å². The first-order valence-electron chi connectivity index (χ1n) is 4.17. The molecule has 1 aromatic heterocycles. The van der Waals surface area contributed by atoms with Crippen LogP contribution < -0.4 is 5.73 Å². The molecule has 2 rings (SSSR count). The van der Waals surface area contributed by atoms with Crippen LogP contribution in [0.3, 0.4) is 0 Å². The molecule has 0 aliphatic heterocycles. The Morgan fingerprint density at radius 2 is 1.93 bits per heavy atom. The van der Waals surface area contributed by atoms with Gasteiger partial charge < -0.3 is 5.73 Å². The van der Waals surface area contributed by atoms with Crippen molar-refractivity contribution in [2.45, 2.75) is 6.04 Å². The zero-order valence-corrected chi connectivity index (χ0v) is 8.34. The van der Waals surface area contributed by atoms with Gasteiger partial charge in [0.15, 0.2) is 0 Å². The maximum atomic E-state index is 13.3. The van der Waals surface area contributed by atoms with Crippen LogP contribution in [0.15, 0.2) is 24.4 Å². The van der Waals surface area contributed by atoms with Crippen LogP contribution in [0.1, 0.15) is 17.3 Å². The lowest BCUT2D eigenvalue weighted by Gasteiger charge is -2.10. The highest BCUT2D eigenvalue weighted by molar-refractivity contribution is 6.99. The Kier molecular flexibility index (Phi) is 2.70. The first kappa shape index (κ1) is 10.1. The summed E-state index contributed by atoms with van der Waals surface area (Å²) in [6.45, 7) is 0. The summed E-state index contributed by atoms with van der Waals surface area (Å²) < 4.78 is 34.2. The minimum Gasteiger partial charge on any atom is -0.319 e. The predicted molar refractivity (Wildman–Crippen MR) is 52.3 cm³/mol. The Labute approximate surface area is 88.9 Å². The molecule has 0 aliphatic carbocycles. The molecule has 78 valence electrons. The van der Waals surface area contributed by atoms with Gasteiger partial charge in [-0.15, -0.1) is 0 Å². The second kappa shape index (κ2) is 4.00. The summed E-state index contributed by atoms with van der Waals surface area (Å²) in [6, 6.07) is 2.71. The quantitative estimate of drug-likeness (QED) is 0.852. The van der Waals surface area contributed by atoms with Gasteiger partial charge in [-0.1, -0.05) is 6.07 Å². The lowest BCUT2D eigenvalue weighted by Crippen LogP contribution is -2.15. The van der Waals surface area contributed by atoms with Crippen molar-refractivity contribution in [1.29, 1.82) is 0 Å². The van der Waals surface area contributed by atoms with Gasteiger partial charge in [-0.25, -0.2) is 8.78 Å². The molecule has 1 atom stereocenters. The molecule has 0 spiro atoms. The van der Waals surface area contributed by atoms with Crippen molar-refractivity contribution in [1.82, 2.24) is 8.75 Å². The molecule has 0 fully saturated rings. The molecule has 6 heteroatoms. The van der Waals surface area contributed by atoms with E-state index in [-0.39, 0.29) is 5.56 Å². The summed E-state index contributed by atoms with van der Waals surface area (Å²) in [7, 11) is 0. The second-order valence-electron chi connectivity index (χ2n) is 2.95. The Bertz CT molecular complexity index is 438. The van der Waals surface area contributed by atoms with Gasteiger partial charge >= 0.3 is 0 Å². The van der Waals surface area contributed by atoms with E-state index in [1.165, 1.54) is 12.3 Å². The van der Waals surface area contributed by atoms with Gasteiger partial charge in [-0.3, -0.25) is 0 Å². The maximum Gasteiger partial charge on any atom is 0.131 e. The smallest absolute Gasteiger partial charge is 0.131 e. The average Bonchev–Trinajstić information content (AvgIpc) is 2.69. The summed E-state index contributed by atoms with van der Waals surface area (Å²) >= 11 is 0.949. The van der Waals surface area contributed by atoms with Gasteiger partial charge in [0.25, 0.3) is 0 Å². The molecule has 15 heavy (non-hydrogen) atoms. The number of hydrogen-bond donors (Lipinski definition) is 1. The van der Waals surface area contributed by atoms with Crippen molar-refractivity contribution in [2.75, 3.05) is 0 Å². The largest absolute Gasteiger partial charge is 0.319 e. The molecule has 0 saturated carbocycles. The fourth-order valence-corrected chi connectivity index (χ4v) is 1.72. The summed E-state index contributed by atoms with van der Waals surface area (Å²) in [5.74, 6) is -1.34. The SMILES string of the molecule is NC(c1cnsn1)c1c(F)cccc1F. The van der Waals surface area contributed by atoms with Crippen LogP contribution in [-0.4, -0.2) is 8.75 Å². The Balaban J connectivity index is 2.46. The lowest BCUT2D eigenvalue weighted by molar-refractivity contribution is 0.541. The second-order valence-corrected chi connectivity index (χ2v) is 3.50. The highest BCUT2D eigenvalue weighted by Gasteiger charge is 2.19. The summed E-state index contributed by atoms with van der Waals surface area (Å²) in [5.41, 5.74) is 5.88. The zero-order valence-electron chi connectivity index (χ0n) is 7.52. The highest BCUT2D eigenvalue weighted by atomic mass is 32.1. The molecule has 0 bridgehead atoms. The van der Waals surface area contributed by atoms with E-state index in [0.717, 1.165) is 23.9 Å². The van der Waals surface area contributed by atoms with Crippen LogP contribution in [0.25, 0.3) is 0 Å². The van der Waals surface area contributed by atoms with Crippen LogP contribution in [0.5, 0.6) is 0 Å². The van der Waals surface area contributed by atoms with Gasteiger partial charge in [-0.05, 0) is 12.1 Å². The molecule has 0 aliphatic rings. The molecule has 0 radical (unpaired) electrons. The third kappa shape index (κ3) is 1.86. The van der Waals surface area contributed by atoms with E-state index in [0.29, 0.717) is 5.69 Å². The summed E-state index contributed by atoms with van der Waals surface area (Å²) in [4.78, 5) is 0. The highest BCUT2D eigenvalue weighted by Crippen LogP contribution is 2.23. The number of hydrogen-bond acceptors (Lipinski definition) is 4. The van der Waals surface area contributed by atoms with Gasteiger partial charge in [0.1, 0.15) is 11.6 Å². The molecule has 1 aromatic carbocycles. The van der Waals surface area contributed by atoms with Crippen molar-refractivity contribution in [3.63, 3.8) is 0 Å². The van der Waals surface area contributed by atoms with E-state index in [1.807, 2.05) is 0 Å². The molecule has 1 heterocycles. The van der Waals surface area contributed by atoms with Crippen molar-refractivity contribution in [2.24, 2.45) is 5.73 Å². The van der Waals surface area contributed by atoms with Crippen molar-refractivity contribution in [3.05, 3.63) is 47.3 Å². The van der Waals surface area contributed by atoms with Crippen LogP contribution in [0.2, 0.25) is 0 Å². The predicted octanol–water partition coefficient (Wildman–Crippen LogP) is 1.86. The molecule has 3 nitrogen and oxygen atoms in total. The Hall–Kier alpha value is -1.40. The Morgan fingerprint density at radius 1 is 1.27 bits per heavy atom. The van der Waals surface area contributed by atoms with Crippen molar-refractivity contribution < 1.29 is 8.78 Å². The van der Waals surface area contributed by atoms with Crippen LogP contribution in [0.4, 0.5) is 8.78 Å². The minimum absolute atomic E-state index is 0.176. The number of rotatable bonds is 2. The summed E-state index contributed by atoms with van der Waals surface area (Å²) in [6.07, 6.45) is 1.40. The van der Waals surface area contributed by atoms with Gasteiger partial charge in [0, 0.05) is 5.56 Å². The van der Waals surface area contributed by atoms with E-state index < -0.39 is 17.7 Å². The molecular formula is C9H7F2N3S. The number of nitrogens with zero attached hydrogens (tertiary/aromatic N) is 2. The van der Waals surface area contributed by atoms with Gasteiger partial charge in [0.2, 0.25) is 0 Å². The topological polar surface area (TPSA) is 51.8 Å². The van der Waals surface area contributed by atoms with Crippen LogP contribution in [0, 0.1) is 11.6 Å². The summed E-state index contributed by atoms with van der Waals surface area (Å²) in [5, 5.41) is 0. The standard InChI is InChI=1S/C9H7F2N3S/c10-5-2-1-3-6(11)8(5)9(12)7-4-13-15-14-7/h1-4,9H,12H2. The first-order valence-corrected chi connectivity index (χ1v) is 4.90. The normalized spacial score (nSPS) is 12.7. The zero-order chi connectivity index (χ0) is 10.8. The maximum absolute atomic E-state index is 13.3. The van der Waals surface area contributed by atoms with Crippen LogP contribution >= 0.6 is 11.7 Å². The van der Waals surface area contributed by atoms with E-state index in [1.54, 1.807) is 0 Å². The number of aromatic nitrogens is 2. The molecule has 2 aromatic rings. The van der Waals surface area contributed by atoms with Crippen LogP contribution in [-0.2, 0) is 0 Å². The molecule has 2 N–H and O–H groups in total. The average molecular weight is 227 g/mol. The number of benzene rings is 1. The monoisotopic (exact) mass is 227 g/mol. The lowest BCUT2D eigenvalue weighted by atomic mass is 10.0. The third-order valence-corrected chi connectivity index (χ3v) is 2.50. The number of halogens is 2. The first-order chi connectivity index (χ1) is 7.20. The van der Waals surface area contributed by atoms with E-state index in [4.69, 9.17) is 5.73 Å². The van der Waals surface area contributed by atoms with Crippen molar-refractivity contribution in [3.8, 4) is 0 Å². The molecule has 0 saturated heterocycles. The number of nitrogens with two attached hydrogens (primary N) is 1. The third-order valence-electron chi connectivity index (χ3n) is 2.01. The van der Waals surface area contributed by atoms with E-state index in [2.05, 4.69) is 8.75 Å². The van der Waals surface area contributed by atoms with E-state index >= 15 is 0 Å². The fraction of sp³-hybridized carbons (Fsp3) is 0.111. The van der Waals surface area contributed by atoms with Crippen molar-refractivity contribution >= 4 is 11.7 Å². The molecule has 1 unspecified atom stereocenters. The Morgan fingerprint density at radius 3 is 2.47 bits per heavy atom.